The highest BCUT2D eigenvalue weighted by Gasteiger charge is 2.27. The number of aryl methyl sites for hydroxylation is 2. The van der Waals surface area contributed by atoms with Crippen molar-refractivity contribution in [1.82, 2.24) is 19.5 Å². The number of sulfonamides is 1. The van der Waals surface area contributed by atoms with Crippen LogP contribution in [-0.4, -0.2) is 23.2 Å². The van der Waals surface area contributed by atoms with E-state index in [0.717, 1.165) is 5.69 Å². The van der Waals surface area contributed by atoms with Gasteiger partial charge < -0.3 is 5.73 Å². The van der Waals surface area contributed by atoms with Gasteiger partial charge in [-0.15, -0.1) is 11.3 Å². The molecular formula is C11H17N5O2S2. The van der Waals surface area contributed by atoms with Gasteiger partial charge in [-0.25, -0.2) is 18.1 Å². The number of hydrogen-bond donors (Lipinski definition) is 2. The minimum atomic E-state index is -3.73. The molecule has 2 aromatic heterocycles. The Labute approximate surface area is 121 Å². The van der Waals surface area contributed by atoms with Gasteiger partial charge in [-0.3, -0.25) is 4.68 Å². The van der Waals surface area contributed by atoms with Crippen LogP contribution in [0.1, 0.15) is 29.4 Å². The summed E-state index contributed by atoms with van der Waals surface area (Å²) in [5.41, 5.74) is 7.05. The van der Waals surface area contributed by atoms with E-state index in [0.29, 0.717) is 10.7 Å². The summed E-state index contributed by atoms with van der Waals surface area (Å²) in [6.45, 7) is 5.28. The van der Waals surface area contributed by atoms with Crippen LogP contribution in [0.3, 0.4) is 0 Å². The predicted octanol–water partition coefficient (Wildman–Crippen LogP) is 1.12. The van der Waals surface area contributed by atoms with Crippen LogP contribution < -0.4 is 10.5 Å². The molecule has 20 heavy (non-hydrogen) atoms. The summed E-state index contributed by atoms with van der Waals surface area (Å²) >= 11 is 1.42. The Morgan fingerprint density at radius 3 is 2.55 bits per heavy atom. The largest absolute Gasteiger partial charge is 0.381 e. The molecule has 0 saturated carbocycles. The molecule has 0 spiro atoms. The van der Waals surface area contributed by atoms with Crippen LogP contribution in [0.25, 0.3) is 0 Å². The maximum absolute atomic E-state index is 12.4. The first-order chi connectivity index (χ1) is 9.22. The Morgan fingerprint density at radius 1 is 1.45 bits per heavy atom. The zero-order valence-electron chi connectivity index (χ0n) is 11.7. The Morgan fingerprint density at radius 2 is 2.10 bits per heavy atom. The highest BCUT2D eigenvalue weighted by molar-refractivity contribution is 7.89. The van der Waals surface area contributed by atoms with E-state index in [1.54, 1.807) is 20.9 Å². The van der Waals surface area contributed by atoms with E-state index in [4.69, 9.17) is 5.73 Å². The molecule has 9 heteroatoms. The van der Waals surface area contributed by atoms with Gasteiger partial charge >= 0.3 is 0 Å². The van der Waals surface area contributed by atoms with Crippen molar-refractivity contribution in [3.05, 3.63) is 21.8 Å². The Bertz CT molecular complexity index is 732. The van der Waals surface area contributed by atoms with Gasteiger partial charge in [0.25, 0.3) is 0 Å². The lowest BCUT2D eigenvalue weighted by molar-refractivity contribution is 0.565. The van der Waals surface area contributed by atoms with E-state index in [1.165, 1.54) is 16.0 Å². The molecule has 2 rings (SSSR count). The fourth-order valence-corrected chi connectivity index (χ4v) is 4.27. The number of nitrogens with one attached hydrogen (secondary N) is 1. The number of nitrogen functional groups attached to an aromatic ring is 1. The SMILES string of the molecule is Cc1csc(C(C)NS(=O)(=O)c2c(N)nn(C)c2C)n1. The molecule has 0 bridgehead atoms. The average Bonchev–Trinajstić information content (AvgIpc) is 2.84. The average molecular weight is 315 g/mol. The third kappa shape index (κ3) is 2.69. The van der Waals surface area contributed by atoms with Crippen LogP contribution >= 0.6 is 11.3 Å². The molecule has 0 aliphatic rings. The van der Waals surface area contributed by atoms with Gasteiger partial charge in [0.05, 0.1) is 11.7 Å². The van der Waals surface area contributed by atoms with Gasteiger partial charge in [0, 0.05) is 18.1 Å². The Hall–Kier alpha value is -1.45. The third-order valence-corrected chi connectivity index (χ3v) is 5.76. The summed E-state index contributed by atoms with van der Waals surface area (Å²) in [7, 11) is -2.08. The summed E-state index contributed by atoms with van der Waals surface area (Å²) in [6, 6.07) is -0.419. The van der Waals surface area contributed by atoms with Crippen molar-refractivity contribution in [2.45, 2.75) is 31.7 Å². The van der Waals surface area contributed by atoms with Crippen molar-refractivity contribution in [2.24, 2.45) is 7.05 Å². The van der Waals surface area contributed by atoms with Crippen LogP contribution in [0, 0.1) is 13.8 Å². The number of rotatable bonds is 4. The minimum Gasteiger partial charge on any atom is -0.381 e. The lowest BCUT2D eigenvalue weighted by atomic mass is 10.4. The molecule has 0 fully saturated rings. The minimum absolute atomic E-state index is 0.0000179. The summed E-state index contributed by atoms with van der Waals surface area (Å²) in [5.74, 6) is 0.0000179. The fraction of sp³-hybridized carbons (Fsp3) is 0.455. The van der Waals surface area contributed by atoms with Crippen molar-refractivity contribution in [3.63, 3.8) is 0 Å². The first-order valence-electron chi connectivity index (χ1n) is 5.96. The van der Waals surface area contributed by atoms with E-state index >= 15 is 0 Å². The second kappa shape index (κ2) is 5.15. The molecule has 0 radical (unpaired) electrons. The van der Waals surface area contributed by atoms with Crippen LogP contribution in [0.4, 0.5) is 5.82 Å². The number of hydrogen-bond acceptors (Lipinski definition) is 6. The first-order valence-corrected chi connectivity index (χ1v) is 8.32. The molecule has 1 unspecified atom stereocenters. The van der Waals surface area contributed by atoms with Gasteiger partial charge in [0.15, 0.2) is 5.82 Å². The van der Waals surface area contributed by atoms with Crippen LogP contribution in [0.5, 0.6) is 0 Å². The molecule has 0 saturated heterocycles. The zero-order valence-corrected chi connectivity index (χ0v) is 13.3. The predicted molar refractivity (Wildman–Crippen MR) is 77.9 cm³/mol. The van der Waals surface area contributed by atoms with Crippen LogP contribution in [0.2, 0.25) is 0 Å². The number of nitrogens with zero attached hydrogens (tertiary/aromatic N) is 3. The molecule has 1 atom stereocenters. The summed E-state index contributed by atoms with van der Waals surface area (Å²) in [4.78, 5) is 4.31. The number of nitrogens with two attached hydrogens (primary N) is 1. The van der Waals surface area contributed by atoms with E-state index < -0.39 is 16.1 Å². The molecule has 2 heterocycles. The maximum atomic E-state index is 12.4. The monoisotopic (exact) mass is 315 g/mol. The zero-order chi connectivity index (χ0) is 15.1. The van der Waals surface area contributed by atoms with E-state index in [-0.39, 0.29) is 10.7 Å². The second-order valence-electron chi connectivity index (χ2n) is 4.59. The normalized spacial score (nSPS) is 13.6. The van der Waals surface area contributed by atoms with Crippen molar-refractivity contribution in [3.8, 4) is 0 Å². The number of anilines is 1. The molecule has 0 aromatic carbocycles. The Balaban J connectivity index is 2.32. The molecule has 0 aliphatic carbocycles. The topological polar surface area (TPSA) is 103 Å². The van der Waals surface area contributed by atoms with Crippen molar-refractivity contribution < 1.29 is 8.42 Å². The van der Waals surface area contributed by atoms with Crippen molar-refractivity contribution in [2.75, 3.05) is 5.73 Å². The maximum Gasteiger partial charge on any atom is 0.246 e. The van der Waals surface area contributed by atoms with Gasteiger partial charge in [0.1, 0.15) is 9.90 Å². The quantitative estimate of drug-likeness (QED) is 0.880. The molecule has 2 aromatic rings. The second-order valence-corrected chi connectivity index (χ2v) is 7.13. The lowest BCUT2D eigenvalue weighted by Crippen LogP contribution is -2.27. The third-order valence-electron chi connectivity index (χ3n) is 2.91. The lowest BCUT2D eigenvalue weighted by Gasteiger charge is -2.12. The standard InChI is InChI=1S/C11H17N5O2S2/c1-6-5-19-11(13-6)7(2)15-20(17,18)9-8(3)16(4)14-10(9)12/h5,7,15H,1-4H3,(H2,12,14). The number of thiazole rings is 1. The highest BCUT2D eigenvalue weighted by atomic mass is 32.2. The fourth-order valence-electron chi connectivity index (χ4n) is 1.86. The number of aromatic nitrogens is 3. The molecule has 0 aliphatic heterocycles. The molecular weight excluding hydrogens is 298 g/mol. The van der Waals surface area contributed by atoms with E-state index in [9.17, 15) is 8.42 Å². The molecule has 0 amide bonds. The molecule has 7 nitrogen and oxygen atoms in total. The summed E-state index contributed by atoms with van der Waals surface area (Å²) < 4.78 is 28.9. The van der Waals surface area contributed by atoms with Crippen molar-refractivity contribution in [1.29, 1.82) is 0 Å². The molecule has 3 N–H and O–H groups in total. The van der Waals surface area contributed by atoms with Gasteiger partial charge in [-0.2, -0.15) is 5.10 Å². The van der Waals surface area contributed by atoms with Crippen LogP contribution in [0.15, 0.2) is 10.3 Å². The van der Waals surface area contributed by atoms with Gasteiger partial charge in [-0.1, -0.05) is 0 Å². The van der Waals surface area contributed by atoms with Gasteiger partial charge in [-0.05, 0) is 20.8 Å². The van der Waals surface area contributed by atoms with Gasteiger partial charge in [0.2, 0.25) is 10.0 Å². The first kappa shape index (κ1) is 14.9. The highest BCUT2D eigenvalue weighted by Crippen LogP contribution is 2.24. The smallest absolute Gasteiger partial charge is 0.246 e. The summed E-state index contributed by atoms with van der Waals surface area (Å²) in [5, 5.41) is 6.52. The van der Waals surface area contributed by atoms with E-state index in [2.05, 4.69) is 14.8 Å². The molecule has 110 valence electrons. The summed E-state index contributed by atoms with van der Waals surface area (Å²) in [6.07, 6.45) is 0. The van der Waals surface area contributed by atoms with Crippen LogP contribution in [-0.2, 0) is 17.1 Å². The van der Waals surface area contributed by atoms with E-state index in [1.807, 2.05) is 12.3 Å². The van der Waals surface area contributed by atoms with Crippen molar-refractivity contribution >= 4 is 27.2 Å². The Kier molecular flexibility index (Phi) is 3.85.